The summed E-state index contributed by atoms with van der Waals surface area (Å²) in [5.74, 6) is -1.13. The molecule has 0 aromatic heterocycles. The topological polar surface area (TPSA) is 27.7 Å². The zero-order valence-corrected chi connectivity index (χ0v) is 22.8. The minimum Gasteiger partial charge on any atom is -0.349 e. The van der Waals surface area contributed by atoms with Crippen molar-refractivity contribution in [2.75, 3.05) is 13.2 Å². The maximum absolute atomic E-state index is 7.32. The smallest absolute Gasteiger partial charge is 0.176 e. The van der Waals surface area contributed by atoms with Crippen LogP contribution in [0.3, 0.4) is 0 Å². The van der Waals surface area contributed by atoms with Gasteiger partial charge >= 0.3 is 0 Å². The molecular formula is C30H54O3. The maximum Gasteiger partial charge on any atom is 0.176 e. The molecule has 0 spiro atoms. The molecule has 2 fully saturated rings. The van der Waals surface area contributed by atoms with E-state index in [1.807, 2.05) is 0 Å². The van der Waals surface area contributed by atoms with E-state index in [1.165, 1.54) is 38.5 Å². The summed E-state index contributed by atoms with van der Waals surface area (Å²) in [5, 5.41) is 0. The quantitative estimate of drug-likeness (QED) is 0.190. The summed E-state index contributed by atoms with van der Waals surface area (Å²) in [6.45, 7) is 15.2. The Kier molecular flexibility index (Phi) is 11.7. The Morgan fingerprint density at radius 2 is 1.06 bits per heavy atom. The van der Waals surface area contributed by atoms with Gasteiger partial charge in [0.1, 0.15) is 0 Å². The van der Waals surface area contributed by atoms with E-state index in [4.69, 9.17) is 14.2 Å². The molecule has 0 saturated carbocycles. The number of allylic oxidation sites excluding steroid dienone is 4. The first-order valence-electron chi connectivity index (χ1n) is 13.9. The standard InChI is InChI=1S/C30H54O3/c1-7-9-11-13-15-17-23-29(27(3,4)21-19-25-31-29)33-30(24-18-16-14-12-10-8-2)28(5,6)22-20-26-32-30/h7-10H,11-26H2,1-6H3/b9-7+,10-8+. The third-order valence-electron chi connectivity index (χ3n) is 8.18. The van der Waals surface area contributed by atoms with Gasteiger partial charge in [-0.3, -0.25) is 0 Å². The molecule has 192 valence electrons. The summed E-state index contributed by atoms with van der Waals surface area (Å²) < 4.78 is 20.6. The number of unbranched alkanes of at least 4 members (excludes halogenated alkanes) is 6. The van der Waals surface area contributed by atoms with Crippen molar-refractivity contribution >= 4 is 0 Å². The Bertz CT molecular complexity index is 554. The summed E-state index contributed by atoms with van der Waals surface area (Å²) in [6, 6.07) is 0. The van der Waals surface area contributed by atoms with Gasteiger partial charge in [-0.1, -0.05) is 64.8 Å². The lowest BCUT2D eigenvalue weighted by Gasteiger charge is -2.58. The van der Waals surface area contributed by atoms with E-state index in [1.54, 1.807) is 0 Å². The first-order valence-corrected chi connectivity index (χ1v) is 13.9. The van der Waals surface area contributed by atoms with Gasteiger partial charge in [0.2, 0.25) is 0 Å². The zero-order valence-electron chi connectivity index (χ0n) is 22.8. The Labute approximate surface area is 205 Å². The van der Waals surface area contributed by atoms with Crippen LogP contribution in [-0.4, -0.2) is 24.8 Å². The van der Waals surface area contributed by atoms with Crippen LogP contribution in [0.1, 0.15) is 131 Å². The van der Waals surface area contributed by atoms with Crippen molar-refractivity contribution in [1.82, 2.24) is 0 Å². The van der Waals surface area contributed by atoms with Crippen molar-refractivity contribution in [3.63, 3.8) is 0 Å². The molecule has 0 aromatic rings. The highest BCUT2D eigenvalue weighted by atomic mass is 16.8. The molecule has 3 nitrogen and oxygen atoms in total. The Morgan fingerprint density at radius 1 is 0.636 bits per heavy atom. The van der Waals surface area contributed by atoms with Gasteiger partial charge in [0, 0.05) is 23.7 Å². The van der Waals surface area contributed by atoms with Crippen LogP contribution in [0.5, 0.6) is 0 Å². The lowest BCUT2D eigenvalue weighted by Crippen LogP contribution is -2.62. The number of hydrogen-bond donors (Lipinski definition) is 0. The van der Waals surface area contributed by atoms with Crippen LogP contribution >= 0.6 is 0 Å². The molecule has 0 aliphatic carbocycles. The van der Waals surface area contributed by atoms with Gasteiger partial charge in [0.15, 0.2) is 11.6 Å². The fourth-order valence-electron chi connectivity index (χ4n) is 5.73. The van der Waals surface area contributed by atoms with Crippen molar-refractivity contribution in [2.24, 2.45) is 10.8 Å². The van der Waals surface area contributed by atoms with E-state index in [9.17, 15) is 0 Å². The van der Waals surface area contributed by atoms with Crippen molar-refractivity contribution in [3.05, 3.63) is 24.3 Å². The molecule has 2 atom stereocenters. The predicted molar refractivity (Wildman–Crippen MR) is 140 cm³/mol. The summed E-state index contributed by atoms with van der Waals surface area (Å²) in [6.07, 6.45) is 24.8. The second-order valence-corrected chi connectivity index (χ2v) is 11.6. The third kappa shape index (κ3) is 7.67. The van der Waals surface area contributed by atoms with Gasteiger partial charge in [-0.15, -0.1) is 0 Å². The molecule has 2 aliphatic rings. The van der Waals surface area contributed by atoms with Gasteiger partial charge in [0.05, 0.1) is 13.2 Å². The molecule has 0 radical (unpaired) electrons. The lowest BCUT2D eigenvalue weighted by molar-refractivity contribution is -0.435. The molecule has 3 heteroatoms. The summed E-state index contributed by atoms with van der Waals surface area (Å²) in [4.78, 5) is 0. The Hall–Kier alpha value is -0.640. The molecule has 2 unspecified atom stereocenters. The fourth-order valence-corrected chi connectivity index (χ4v) is 5.73. The predicted octanol–water partition coefficient (Wildman–Crippen LogP) is 9.12. The minimum atomic E-state index is -0.564. The van der Waals surface area contributed by atoms with Crippen LogP contribution in [0.4, 0.5) is 0 Å². The van der Waals surface area contributed by atoms with Gasteiger partial charge in [-0.25, -0.2) is 0 Å². The maximum atomic E-state index is 7.32. The summed E-state index contributed by atoms with van der Waals surface area (Å²) in [5.41, 5.74) is -0.0469. The van der Waals surface area contributed by atoms with E-state index in [0.717, 1.165) is 64.6 Å². The monoisotopic (exact) mass is 462 g/mol. The second-order valence-electron chi connectivity index (χ2n) is 11.6. The normalized spacial score (nSPS) is 29.8. The van der Waals surface area contributed by atoms with Crippen LogP contribution in [0.25, 0.3) is 0 Å². The Morgan fingerprint density at radius 3 is 1.42 bits per heavy atom. The lowest BCUT2D eigenvalue weighted by atomic mass is 9.71. The highest BCUT2D eigenvalue weighted by Crippen LogP contribution is 2.54. The van der Waals surface area contributed by atoms with Crippen molar-refractivity contribution in [2.45, 2.75) is 143 Å². The molecule has 33 heavy (non-hydrogen) atoms. The molecule has 2 aliphatic heterocycles. The second kappa shape index (κ2) is 13.4. The fraction of sp³-hybridized carbons (Fsp3) is 0.867. The summed E-state index contributed by atoms with van der Waals surface area (Å²) in [7, 11) is 0. The van der Waals surface area contributed by atoms with Crippen LogP contribution in [0.2, 0.25) is 0 Å². The molecular weight excluding hydrogens is 408 g/mol. The van der Waals surface area contributed by atoms with Gasteiger partial charge in [0.25, 0.3) is 0 Å². The first kappa shape index (κ1) is 28.6. The van der Waals surface area contributed by atoms with E-state index in [0.29, 0.717) is 0 Å². The van der Waals surface area contributed by atoms with Crippen LogP contribution < -0.4 is 0 Å². The van der Waals surface area contributed by atoms with Crippen LogP contribution in [-0.2, 0) is 14.2 Å². The van der Waals surface area contributed by atoms with Gasteiger partial charge in [-0.05, 0) is 78.1 Å². The molecule has 2 rings (SSSR count). The van der Waals surface area contributed by atoms with E-state index in [-0.39, 0.29) is 10.8 Å². The highest BCUT2D eigenvalue weighted by molar-refractivity contribution is 4.98. The minimum absolute atomic E-state index is 0.0234. The van der Waals surface area contributed by atoms with Crippen LogP contribution in [0.15, 0.2) is 24.3 Å². The SMILES string of the molecule is C/C=C/CCCCCC1(OC2(CCCCC/C=C/C)OCCCC2(C)C)OCCCC1(C)C. The highest BCUT2D eigenvalue weighted by Gasteiger charge is 2.58. The van der Waals surface area contributed by atoms with Gasteiger partial charge in [-0.2, -0.15) is 0 Å². The number of rotatable bonds is 14. The largest absolute Gasteiger partial charge is 0.349 e. The molecule has 0 N–H and O–H groups in total. The molecule has 0 aromatic carbocycles. The third-order valence-corrected chi connectivity index (χ3v) is 8.18. The zero-order chi connectivity index (χ0) is 24.3. The Balaban J connectivity index is 2.19. The van der Waals surface area contributed by atoms with E-state index in [2.05, 4.69) is 65.8 Å². The van der Waals surface area contributed by atoms with Crippen molar-refractivity contribution in [1.29, 1.82) is 0 Å². The molecule has 2 heterocycles. The van der Waals surface area contributed by atoms with E-state index >= 15 is 0 Å². The number of hydrogen-bond acceptors (Lipinski definition) is 3. The van der Waals surface area contributed by atoms with Crippen molar-refractivity contribution < 1.29 is 14.2 Å². The number of ether oxygens (including phenoxy) is 3. The molecule has 0 amide bonds. The molecule has 2 saturated heterocycles. The van der Waals surface area contributed by atoms with Gasteiger partial charge < -0.3 is 14.2 Å². The molecule has 0 bridgehead atoms. The summed E-state index contributed by atoms with van der Waals surface area (Å²) >= 11 is 0. The van der Waals surface area contributed by atoms with Crippen LogP contribution in [0, 0.1) is 10.8 Å². The van der Waals surface area contributed by atoms with Crippen molar-refractivity contribution in [3.8, 4) is 0 Å². The van der Waals surface area contributed by atoms with E-state index < -0.39 is 11.6 Å². The average molecular weight is 463 g/mol. The average Bonchev–Trinajstić information content (AvgIpc) is 2.77. The first-order chi connectivity index (χ1) is 15.7.